The number of hydrogen-bond donors (Lipinski definition) is 0. The molecule has 4 nitrogen and oxygen atoms in total. The molecule has 0 saturated carbocycles. The van der Waals surface area contributed by atoms with Gasteiger partial charge in [-0.25, -0.2) is 0 Å². The van der Waals surface area contributed by atoms with Gasteiger partial charge in [-0.2, -0.15) is 0 Å². The quantitative estimate of drug-likeness (QED) is 0.0438. The summed E-state index contributed by atoms with van der Waals surface area (Å²) >= 11 is 0. The van der Waals surface area contributed by atoms with Crippen molar-refractivity contribution in [1.29, 1.82) is 0 Å². The molecule has 0 unspecified atom stereocenters. The Hall–Kier alpha value is -1.72. The van der Waals surface area contributed by atoms with Crippen LogP contribution in [0.5, 0.6) is 0 Å². The third-order valence-corrected chi connectivity index (χ3v) is 8.13. The zero-order valence-corrected chi connectivity index (χ0v) is 32.7. The van der Waals surface area contributed by atoms with Crippen LogP contribution in [0.25, 0.3) is 0 Å². The van der Waals surface area contributed by atoms with Gasteiger partial charge in [-0.1, -0.05) is 135 Å². The maximum atomic E-state index is 6.40. The molecular formula is C43H76O4. The summed E-state index contributed by atoms with van der Waals surface area (Å²) in [6, 6.07) is 0. The van der Waals surface area contributed by atoms with Crippen molar-refractivity contribution >= 4 is 0 Å². The number of hydrogen-bond acceptors (Lipinski definition) is 4. The molecule has 0 aromatic carbocycles. The average molecular weight is 657 g/mol. The van der Waals surface area contributed by atoms with Crippen molar-refractivity contribution in [1.82, 2.24) is 0 Å². The van der Waals surface area contributed by atoms with Crippen molar-refractivity contribution in [3.8, 4) is 0 Å². The lowest BCUT2D eigenvalue weighted by Crippen LogP contribution is -2.43. The summed E-state index contributed by atoms with van der Waals surface area (Å²) < 4.78 is 25.5. The normalized spacial score (nSPS) is 13.8. The van der Waals surface area contributed by atoms with Crippen molar-refractivity contribution < 1.29 is 18.9 Å². The van der Waals surface area contributed by atoms with E-state index in [4.69, 9.17) is 18.9 Å². The molecule has 0 aliphatic rings. The Bertz CT molecular complexity index is 848. The highest BCUT2D eigenvalue weighted by molar-refractivity contribution is 5.04. The fourth-order valence-corrected chi connectivity index (χ4v) is 4.97. The van der Waals surface area contributed by atoms with Crippen LogP contribution >= 0.6 is 0 Å². The lowest BCUT2D eigenvalue weighted by molar-refractivity contribution is -0.492. The third kappa shape index (κ3) is 30.1. The van der Waals surface area contributed by atoms with Gasteiger partial charge in [0.1, 0.15) is 0 Å². The monoisotopic (exact) mass is 657 g/mol. The molecule has 0 amide bonds. The van der Waals surface area contributed by atoms with E-state index in [1.165, 1.54) is 84.8 Å². The second kappa shape index (κ2) is 30.3. The van der Waals surface area contributed by atoms with E-state index in [0.29, 0.717) is 26.4 Å². The molecule has 0 rings (SSSR count). The van der Waals surface area contributed by atoms with Gasteiger partial charge in [0.15, 0.2) is 0 Å². The van der Waals surface area contributed by atoms with Gasteiger partial charge in [0, 0.05) is 0 Å². The van der Waals surface area contributed by atoms with E-state index < -0.39 is 6.16 Å². The Morgan fingerprint density at radius 1 is 0.404 bits per heavy atom. The Morgan fingerprint density at radius 3 is 1.04 bits per heavy atom. The summed E-state index contributed by atoms with van der Waals surface area (Å²) in [6.45, 7) is 23.3. The lowest BCUT2D eigenvalue weighted by Gasteiger charge is -2.31. The molecule has 0 fully saturated rings. The molecule has 0 spiro atoms. The summed E-state index contributed by atoms with van der Waals surface area (Å²) in [7, 11) is 0. The Balaban J connectivity index is 5.58. The highest BCUT2D eigenvalue weighted by Gasteiger charge is 2.35. The summed E-state index contributed by atoms with van der Waals surface area (Å²) in [6.07, 6.45) is 30.6. The fraction of sp³-hybridized carbons (Fsp3) is 0.721. The SMILES string of the molecule is CCCCCCCCCCCCOC(OCC=C(C)CCC=C(C)C)(OCC=C(C)CCC=C(C)C)OCC=C(C)CCC=C(C)C. The number of rotatable bonds is 30. The standard InChI is InChI=1S/C43H76O4/c1-11-12-13-14-15-16-17-18-19-20-33-44-43(45-34-30-40(8)27-21-24-37(2)3,46-35-31-41(9)28-22-25-38(4)5)47-36-32-42(10)29-23-26-39(6)7/h24-26,30-32H,11-23,27-29,33-36H2,1-10H3. The van der Waals surface area contributed by atoms with Crippen molar-refractivity contribution in [2.45, 2.75) is 178 Å². The topological polar surface area (TPSA) is 36.9 Å². The summed E-state index contributed by atoms with van der Waals surface area (Å²) in [5, 5.41) is 0. The van der Waals surface area contributed by atoms with Crippen LogP contribution in [0, 0.1) is 0 Å². The Labute approximate surface area is 292 Å². The van der Waals surface area contributed by atoms with Crippen LogP contribution in [0.1, 0.15) is 172 Å². The second-order valence-electron chi connectivity index (χ2n) is 14.1. The van der Waals surface area contributed by atoms with E-state index in [-0.39, 0.29) is 0 Å². The molecule has 0 aromatic heterocycles. The van der Waals surface area contributed by atoms with Crippen LogP contribution in [0.2, 0.25) is 0 Å². The first-order valence-electron chi connectivity index (χ1n) is 18.9. The number of ether oxygens (including phenoxy) is 4. The minimum absolute atomic E-state index is 0.366. The zero-order chi connectivity index (χ0) is 35.2. The third-order valence-electron chi connectivity index (χ3n) is 8.13. The highest BCUT2D eigenvalue weighted by atomic mass is 17.0. The van der Waals surface area contributed by atoms with Gasteiger partial charge in [0.25, 0.3) is 0 Å². The van der Waals surface area contributed by atoms with E-state index in [1.54, 1.807) is 0 Å². The van der Waals surface area contributed by atoms with Crippen molar-refractivity contribution in [3.05, 3.63) is 69.9 Å². The molecule has 0 N–H and O–H groups in total. The van der Waals surface area contributed by atoms with Crippen LogP contribution in [0.4, 0.5) is 0 Å². The van der Waals surface area contributed by atoms with E-state index in [2.05, 4.69) is 106 Å². The molecule has 4 heteroatoms. The smallest absolute Gasteiger partial charge is 0.303 e. The fourth-order valence-electron chi connectivity index (χ4n) is 4.97. The molecular weight excluding hydrogens is 580 g/mol. The predicted molar refractivity (Wildman–Crippen MR) is 206 cm³/mol. The van der Waals surface area contributed by atoms with Gasteiger partial charge in [-0.15, -0.1) is 0 Å². The lowest BCUT2D eigenvalue weighted by atomic mass is 10.1. The maximum absolute atomic E-state index is 6.40. The molecule has 0 aliphatic carbocycles. The molecule has 0 radical (unpaired) electrons. The molecule has 47 heavy (non-hydrogen) atoms. The van der Waals surface area contributed by atoms with Gasteiger partial charge in [0.2, 0.25) is 0 Å². The molecule has 0 bridgehead atoms. The first-order chi connectivity index (χ1) is 22.5. The van der Waals surface area contributed by atoms with Crippen LogP contribution in [-0.4, -0.2) is 32.6 Å². The summed E-state index contributed by atoms with van der Waals surface area (Å²) in [4.78, 5) is 0. The van der Waals surface area contributed by atoms with E-state index >= 15 is 0 Å². The van der Waals surface area contributed by atoms with Crippen molar-refractivity contribution in [2.75, 3.05) is 26.4 Å². The minimum atomic E-state index is -1.55. The average Bonchev–Trinajstić information content (AvgIpc) is 2.99. The van der Waals surface area contributed by atoms with Gasteiger partial charge < -0.3 is 4.74 Å². The minimum Gasteiger partial charge on any atom is -0.303 e. The number of allylic oxidation sites excluding steroid dienone is 9. The van der Waals surface area contributed by atoms with Gasteiger partial charge in [0.05, 0.1) is 26.4 Å². The first-order valence-corrected chi connectivity index (χ1v) is 18.9. The van der Waals surface area contributed by atoms with Crippen molar-refractivity contribution in [3.63, 3.8) is 0 Å². The van der Waals surface area contributed by atoms with Crippen LogP contribution < -0.4 is 0 Å². The molecule has 0 aliphatic heterocycles. The number of unbranched alkanes of at least 4 members (excludes halogenated alkanes) is 9. The Kier molecular flexibility index (Phi) is 29.2. The molecule has 0 atom stereocenters. The van der Waals surface area contributed by atoms with Gasteiger partial charge in [-0.05, 0) is 107 Å². The van der Waals surface area contributed by atoms with Crippen LogP contribution in [-0.2, 0) is 18.9 Å². The van der Waals surface area contributed by atoms with Crippen LogP contribution in [0.15, 0.2) is 69.9 Å². The van der Waals surface area contributed by atoms with Gasteiger partial charge in [-0.3, -0.25) is 14.2 Å². The first kappa shape index (κ1) is 45.3. The Morgan fingerprint density at radius 2 is 0.723 bits per heavy atom. The van der Waals surface area contributed by atoms with E-state index in [9.17, 15) is 0 Å². The molecule has 0 heterocycles. The zero-order valence-electron chi connectivity index (χ0n) is 32.7. The van der Waals surface area contributed by atoms with E-state index in [1.807, 2.05) is 0 Å². The largest absolute Gasteiger partial charge is 0.413 e. The highest BCUT2D eigenvalue weighted by Crippen LogP contribution is 2.22. The molecule has 0 saturated heterocycles. The van der Waals surface area contributed by atoms with Gasteiger partial charge >= 0.3 is 6.16 Å². The summed E-state index contributed by atoms with van der Waals surface area (Å²) in [5.74, 6) is 0. The summed E-state index contributed by atoms with van der Waals surface area (Å²) in [5.41, 5.74) is 7.92. The predicted octanol–water partition coefficient (Wildman–Crippen LogP) is 13.7. The van der Waals surface area contributed by atoms with E-state index in [0.717, 1.165) is 51.4 Å². The van der Waals surface area contributed by atoms with Crippen molar-refractivity contribution in [2.24, 2.45) is 0 Å². The molecule has 272 valence electrons. The second-order valence-corrected chi connectivity index (χ2v) is 14.1. The molecule has 0 aromatic rings. The van der Waals surface area contributed by atoms with Crippen LogP contribution in [0.3, 0.4) is 0 Å². The maximum Gasteiger partial charge on any atom is 0.413 e.